The van der Waals surface area contributed by atoms with Gasteiger partial charge in [0, 0.05) is 25.0 Å². The van der Waals surface area contributed by atoms with Gasteiger partial charge >= 0.3 is 0 Å². The van der Waals surface area contributed by atoms with Gasteiger partial charge in [-0.25, -0.2) is 9.50 Å². The van der Waals surface area contributed by atoms with Crippen LogP contribution in [0, 0.1) is 0 Å². The topological polar surface area (TPSA) is 119 Å². The third-order valence-corrected chi connectivity index (χ3v) is 3.54. The van der Waals surface area contributed by atoms with Crippen LogP contribution in [0.3, 0.4) is 0 Å². The van der Waals surface area contributed by atoms with Crippen LogP contribution in [0.1, 0.15) is 23.7 Å². The van der Waals surface area contributed by atoms with Gasteiger partial charge in [0.2, 0.25) is 0 Å². The molecule has 0 fully saturated rings. The molecule has 25 heavy (non-hydrogen) atoms. The second-order valence-electron chi connectivity index (χ2n) is 5.30. The molecule has 0 spiro atoms. The van der Waals surface area contributed by atoms with Gasteiger partial charge in [0.15, 0.2) is 11.5 Å². The summed E-state index contributed by atoms with van der Waals surface area (Å²) in [7, 11) is 1.52. The number of aromatic nitrogens is 4. The minimum absolute atomic E-state index is 0.0977. The van der Waals surface area contributed by atoms with Gasteiger partial charge in [0.1, 0.15) is 22.8 Å². The van der Waals surface area contributed by atoms with Gasteiger partial charge in [-0.1, -0.05) is 6.92 Å². The van der Waals surface area contributed by atoms with Crippen molar-refractivity contribution in [2.45, 2.75) is 13.3 Å². The summed E-state index contributed by atoms with van der Waals surface area (Å²) in [5, 5.41) is 10.1. The molecule has 0 saturated heterocycles. The number of hydrogen-bond acceptors (Lipinski definition) is 7. The summed E-state index contributed by atoms with van der Waals surface area (Å²) < 4.78 is 6.69. The summed E-state index contributed by atoms with van der Waals surface area (Å²) in [6.45, 7) is 2.84. The second kappa shape index (κ2) is 7.04. The van der Waals surface area contributed by atoms with Crippen LogP contribution in [0.4, 0.5) is 17.3 Å². The molecule has 4 N–H and O–H groups in total. The fourth-order valence-electron chi connectivity index (χ4n) is 2.35. The maximum atomic E-state index is 12.7. The van der Waals surface area contributed by atoms with Crippen molar-refractivity contribution in [1.29, 1.82) is 0 Å². The number of nitrogens with two attached hydrogens (primary N) is 1. The standard InChI is InChI=1S/C16H19N7O2/c1-3-6-19-12-5-8-23-15(21-12)13(14(17)22-23)16(24)20-10-9-18-7-4-11(10)25-2/h4-5,7-9H,3,6H2,1-2H3,(H2,17,22)(H,19,21)(H,20,24). The van der Waals surface area contributed by atoms with Crippen molar-refractivity contribution in [3.63, 3.8) is 0 Å². The number of nitrogen functional groups attached to an aromatic ring is 1. The Hall–Kier alpha value is -3.36. The number of ether oxygens (including phenoxy) is 1. The number of carbonyl (C=O) groups is 1. The highest BCUT2D eigenvalue weighted by molar-refractivity contribution is 6.12. The number of fused-ring (bicyclic) bond motifs is 1. The lowest BCUT2D eigenvalue weighted by Crippen LogP contribution is -2.15. The van der Waals surface area contributed by atoms with Gasteiger partial charge in [0.25, 0.3) is 5.91 Å². The summed E-state index contributed by atoms with van der Waals surface area (Å²) >= 11 is 0. The normalized spacial score (nSPS) is 10.6. The lowest BCUT2D eigenvalue weighted by Gasteiger charge is -2.09. The molecule has 130 valence electrons. The number of anilines is 3. The SMILES string of the molecule is CCCNc1ccn2nc(N)c(C(=O)Nc3cnccc3OC)c2n1. The minimum Gasteiger partial charge on any atom is -0.494 e. The number of nitrogens with one attached hydrogen (secondary N) is 2. The highest BCUT2D eigenvalue weighted by Gasteiger charge is 2.21. The number of rotatable bonds is 6. The minimum atomic E-state index is -0.432. The van der Waals surface area contributed by atoms with Gasteiger partial charge in [-0.15, -0.1) is 5.10 Å². The van der Waals surface area contributed by atoms with Crippen LogP contribution in [-0.2, 0) is 0 Å². The van der Waals surface area contributed by atoms with E-state index in [-0.39, 0.29) is 11.4 Å². The molecule has 3 aromatic heterocycles. The van der Waals surface area contributed by atoms with Crippen molar-refractivity contribution in [3.05, 3.63) is 36.3 Å². The zero-order valence-corrected chi connectivity index (χ0v) is 14.0. The van der Waals surface area contributed by atoms with Crippen LogP contribution in [-0.4, -0.2) is 39.1 Å². The Labute approximate surface area is 144 Å². The average Bonchev–Trinajstić information content (AvgIpc) is 2.95. The van der Waals surface area contributed by atoms with E-state index in [2.05, 4.69) is 32.6 Å². The number of carbonyl (C=O) groups excluding carboxylic acids is 1. The van der Waals surface area contributed by atoms with E-state index in [4.69, 9.17) is 10.5 Å². The Bertz CT molecular complexity index is 907. The molecule has 0 atom stereocenters. The summed E-state index contributed by atoms with van der Waals surface area (Å²) in [6, 6.07) is 3.43. The zero-order chi connectivity index (χ0) is 17.8. The van der Waals surface area contributed by atoms with E-state index in [9.17, 15) is 4.79 Å². The quantitative estimate of drug-likeness (QED) is 0.625. The fraction of sp³-hybridized carbons (Fsp3) is 0.250. The van der Waals surface area contributed by atoms with E-state index in [1.54, 1.807) is 24.5 Å². The van der Waals surface area contributed by atoms with E-state index < -0.39 is 5.91 Å². The molecule has 0 bridgehead atoms. The van der Waals surface area contributed by atoms with Crippen molar-refractivity contribution in [2.24, 2.45) is 0 Å². The largest absolute Gasteiger partial charge is 0.494 e. The Balaban J connectivity index is 1.96. The first-order valence-corrected chi connectivity index (χ1v) is 7.82. The Morgan fingerprint density at radius 2 is 2.24 bits per heavy atom. The average molecular weight is 341 g/mol. The first-order chi connectivity index (χ1) is 12.1. The van der Waals surface area contributed by atoms with Crippen molar-refractivity contribution < 1.29 is 9.53 Å². The van der Waals surface area contributed by atoms with Crippen LogP contribution in [0.2, 0.25) is 0 Å². The highest BCUT2D eigenvalue weighted by atomic mass is 16.5. The summed E-state index contributed by atoms with van der Waals surface area (Å²) in [5.41, 5.74) is 6.94. The molecule has 0 saturated carbocycles. The third kappa shape index (κ3) is 3.30. The molecule has 3 heterocycles. The second-order valence-corrected chi connectivity index (χ2v) is 5.30. The van der Waals surface area contributed by atoms with E-state index in [1.807, 2.05) is 0 Å². The maximum absolute atomic E-state index is 12.7. The summed E-state index contributed by atoms with van der Waals surface area (Å²) in [6.07, 6.45) is 5.74. The van der Waals surface area contributed by atoms with Crippen molar-refractivity contribution in [1.82, 2.24) is 19.6 Å². The van der Waals surface area contributed by atoms with Crippen molar-refractivity contribution >= 4 is 28.9 Å². The number of nitrogens with zero attached hydrogens (tertiary/aromatic N) is 4. The zero-order valence-electron chi connectivity index (χ0n) is 14.0. The van der Waals surface area contributed by atoms with E-state index in [1.165, 1.54) is 17.8 Å². The maximum Gasteiger partial charge on any atom is 0.263 e. The summed E-state index contributed by atoms with van der Waals surface area (Å²) in [5.74, 6) is 0.818. The van der Waals surface area contributed by atoms with Gasteiger partial charge in [-0.05, 0) is 12.5 Å². The third-order valence-electron chi connectivity index (χ3n) is 3.54. The van der Waals surface area contributed by atoms with Crippen LogP contribution in [0.5, 0.6) is 5.75 Å². The van der Waals surface area contributed by atoms with Gasteiger partial charge in [0.05, 0.1) is 13.3 Å². The molecule has 0 radical (unpaired) electrons. The lowest BCUT2D eigenvalue weighted by atomic mass is 10.2. The lowest BCUT2D eigenvalue weighted by molar-refractivity contribution is 0.102. The fourth-order valence-corrected chi connectivity index (χ4v) is 2.35. The first-order valence-electron chi connectivity index (χ1n) is 7.82. The van der Waals surface area contributed by atoms with Gasteiger partial charge < -0.3 is 21.1 Å². The Kier molecular flexibility index (Phi) is 4.64. The predicted octanol–water partition coefficient (Wildman–Crippen LogP) is 1.79. The van der Waals surface area contributed by atoms with Crippen LogP contribution in [0.15, 0.2) is 30.7 Å². The smallest absolute Gasteiger partial charge is 0.263 e. The van der Waals surface area contributed by atoms with E-state index in [0.717, 1.165) is 13.0 Å². The number of methoxy groups -OCH3 is 1. The molecule has 0 aliphatic rings. The number of hydrogen-bond donors (Lipinski definition) is 3. The van der Waals surface area contributed by atoms with Gasteiger partial charge in [-0.3, -0.25) is 9.78 Å². The molecule has 3 rings (SSSR count). The molecule has 1 amide bonds. The summed E-state index contributed by atoms with van der Waals surface area (Å²) in [4.78, 5) is 21.1. The van der Waals surface area contributed by atoms with E-state index >= 15 is 0 Å². The Morgan fingerprint density at radius 1 is 1.40 bits per heavy atom. The molecular formula is C16H19N7O2. The van der Waals surface area contributed by atoms with Crippen LogP contribution < -0.4 is 21.1 Å². The molecule has 3 aromatic rings. The van der Waals surface area contributed by atoms with E-state index in [0.29, 0.717) is 22.9 Å². The molecular weight excluding hydrogens is 322 g/mol. The Morgan fingerprint density at radius 3 is 3.00 bits per heavy atom. The number of pyridine rings is 1. The molecule has 0 aliphatic heterocycles. The highest BCUT2D eigenvalue weighted by Crippen LogP contribution is 2.24. The van der Waals surface area contributed by atoms with Gasteiger partial charge in [-0.2, -0.15) is 0 Å². The van der Waals surface area contributed by atoms with Crippen molar-refractivity contribution in [3.8, 4) is 5.75 Å². The molecule has 0 aliphatic carbocycles. The van der Waals surface area contributed by atoms with Crippen LogP contribution in [0.25, 0.3) is 5.65 Å². The molecule has 9 nitrogen and oxygen atoms in total. The van der Waals surface area contributed by atoms with Crippen molar-refractivity contribution in [2.75, 3.05) is 30.0 Å². The molecule has 0 unspecified atom stereocenters. The monoisotopic (exact) mass is 341 g/mol. The number of amides is 1. The predicted molar refractivity (Wildman–Crippen MR) is 94.9 cm³/mol. The first kappa shape index (κ1) is 16.5. The molecule has 9 heteroatoms. The van der Waals surface area contributed by atoms with Crippen LogP contribution >= 0.6 is 0 Å². The molecule has 0 aromatic carbocycles.